The highest BCUT2D eigenvalue weighted by Gasteiger charge is 2.51. The van der Waals surface area contributed by atoms with E-state index in [0.29, 0.717) is 12.2 Å². The topological polar surface area (TPSA) is 40.6 Å². The van der Waals surface area contributed by atoms with Gasteiger partial charge in [0.2, 0.25) is 5.91 Å². The Labute approximate surface area is 160 Å². The molecule has 3 heterocycles. The molecule has 3 aliphatic heterocycles. The maximum atomic E-state index is 13.3. The second kappa shape index (κ2) is 7.28. The molecule has 0 N–H and O–H groups in total. The van der Waals surface area contributed by atoms with E-state index in [-0.39, 0.29) is 29.8 Å². The molecule has 0 radical (unpaired) electrons. The first kappa shape index (κ1) is 17.9. The van der Waals surface area contributed by atoms with Crippen LogP contribution in [0.25, 0.3) is 0 Å². The number of hydrogen-bond acceptors (Lipinski definition) is 3. The molecule has 140 valence electrons. The van der Waals surface area contributed by atoms with E-state index in [9.17, 15) is 9.59 Å². The first-order chi connectivity index (χ1) is 13.1. The number of piperidine rings is 3. The van der Waals surface area contributed by atoms with Gasteiger partial charge in [-0.25, -0.2) is 0 Å². The smallest absolute Gasteiger partial charge is 0.239 e. The summed E-state index contributed by atoms with van der Waals surface area (Å²) < 4.78 is 0. The van der Waals surface area contributed by atoms with Crippen molar-refractivity contribution in [3.8, 4) is 0 Å². The summed E-state index contributed by atoms with van der Waals surface area (Å²) in [5.41, 5.74) is 2.26. The zero-order chi connectivity index (χ0) is 19.0. The second-order valence-corrected chi connectivity index (χ2v) is 7.85. The molecule has 4 nitrogen and oxygen atoms in total. The van der Waals surface area contributed by atoms with Gasteiger partial charge in [0.25, 0.3) is 0 Å². The molecule has 0 aromatic heterocycles. The highest BCUT2D eigenvalue weighted by molar-refractivity contribution is 5.93. The van der Waals surface area contributed by atoms with Crippen molar-refractivity contribution in [3.63, 3.8) is 0 Å². The molecule has 3 fully saturated rings. The number of amides is 1. The van der Waals surface area contributed by atoms with Gasteiger partial charge < -0.3 is 4.90 Å². The Morgan fingerprint density at radius 2 is 1.56 bits per heavy atom. The summed E-state index contributed by atoms with van der Waals surface area (Å²) in [5, 5.41) is 0. The van der Waals surface area contributed by atoms with Crippen LogP contribution in [0.4, 0.5) is 0 Å². The van der Waals surface area contributed by atoms with Gasteiger partial charge in [0.1, 0.15) is 0 Å². The van der Waals surface area contributed by atoms with Crippen molar-refractivity contribution in [2.75, 3.05) is 20.6 Å². The number of carbonyl (C=O) groups excluding carboxylic acids is 2. The minimum atomic E-state index is -0.281. The van der Waals surface area contributed by atoms with Crippen molar-refractivity contribution >= 4 is 11.7 Å². The van der Waals surface area contributed by atoms with E-state index in [1.54, 1.807) is 19.0 Å². The first-order valence-electron chi connectivity index (χ1n) is 9.68. The largest absolute Gasteiger partial charge is 0.347 e. The van der Waals surface area contributed by atoms with Gasteiger partial charge in [-0.3, -0.25) is 14.5 Å². The molecule has 4 heteroatoms. The molecule has 0 aliphatic carbocycles. The number of carbonyl (C=O) groups is 2. The predicted octanol–water partition coefficient (Wildman–Crippen LogP) is 2.94. The molecule has 0 saturated carbocycles. The number of Topliss-reactive ketones (excluding diaryl/α,β-unsaturated/α-hetero) is 1. The molecule has 0 spiro atoms. The summed E-state index contributed by atoms with van der Waals surface area (Å²) in [6, 6.07) is 20.0. The van der Waals surface area contributed by atoms with E-state index in [1.165, 1.54) is 0 Å². The summed E-state index contributed by atoms with van der Waals surface area (Å²) >= 11 is 0. The van der Waals surface area contributed by atoms with Crippen LogP contribution >= 0.6 is 0 Å². The Morgan fingerprint density at radius 1 is 1.00 bits per heavy atom. The van der Waals surface area contributed by atoms with Crippen LogP contribution < -0.4 is 0 Å². The molecule has 4 atom stereocenters. The van der Waals surface area contributed by atoms with Crippen LogP contribution in [-0.2, 0) is 9.59 Å². The number of likely N-dealkylation sites (N-methyl/N-ethyl adjacent to an activating group) is 1. The standard InChI is InChI=1S/C23H26N2O2/c1-24(2)23(27)19-15-18-13-14-25(19)21(22(18)26)20(16-9-5-3-6-10-16)17-11-7-4-8-12-17/h3-12,18-21H,13-15H2,1-2H3. The quantitative estimate of drug-likeness (QED) is 0.840. The second-order valence-electron chi connectivity index (χ2n) is 7.85. The highest BCUT2D eigenvalue weighted by atomic mass is 16.2. The van der Waals surface area contributed by atoms with E-state index in [2.05, 4.69) is 29.2 Å². The third-order valence-electron chi connectivity index (χ3n) is 6.05. The first-order valence-corrected chi connectivity index (χ1v) is 9.68. The Morgan fingerprint density at radius 3 is 2.07 bits per heavy atom. The number of hydrogen-bond donors (Lipinski definition) is 0. The van der Waals surface area contributed by atoms with E-state index in [1.807, 2.05) is 36.4 Å². The summed E-state index contributed by atoms with van der Waals surface area (Å²) in [5.74, 6) is 0.336. The molecule has 2 aromatic rings. The normalized spacial score (nSPS) is 27.0. The molecule has 2 bridgehead atoms. The molecule has 3 aliphatic rings. The summed E-state index contributed by atoms with van der Waals surface area (Å²) in [6.45, 7) is 0.807. The lowest BCUT2D eigenvalue weighted by Gasteiger charge is -2.51. The molecule has 4 unspecified atom stereocenters. The van der Waals surface area contributed by atoms with E-state index in [4.69, 9.17) is 0 Å². The third-order valence-corrected chi connectivity index (χ3v) is 6.05. The maximum Gasteiger partial charge on any atom is 0.239 e. The monoisotopic (exact) mass is 362 g/mol. The van der Waals surface area contributed by atoms with Crippen LogP contribution in [0.2, 0.25) is 0 Å². The lowest BCUT2D eigenvalue weighted by atomic mass is 9.70. The van der Waals surface area contributed by atoms with Gasteiger partial charge in [-0.1, -0.05) is 60.7 Å². The van der Waals surface area contributed by atoms with Gasteiger partial charge in [0.05, 0.1) is 12.1 Å². The third kappa shape index (κ3) is 3.19. The Balaban J connectivity index is 1.79. The molecular weight excluding hydrogens is 336 g/mol. The zero-order valence-electron chi connectivity index (χ0n) is 15.9. The van der Waals surface area contributed by atoms with Crippen molar-refractivity contribution in [1.82, 2.24) is 9.80 Å². The fourth-order valence-electron chi connectivity index (χ4n) is 4.75. The van der Waals surface area contributed by atoms with Crippen LogP contribution in [0.15, 0.2) is 60.7 Å². The van der Waals surface area contributed by atoms with Crippen molar-refractivity contribution in [1.29, 1.82) is 0 Å². The lowest BCUT2D eigenvalue weighted by molar-refractivity contribution is -0.151. The average Bonchev–Trinajstić information content (AvgIpc) is 2.71. The molecule has 3 saturated heterocycles. The van der Waals surface area contributed by atoms with Crippen LogP contribution in [0.1, 0.15) is 29.9 Å². The van der Waals surface area contributed by atoms with E-state index >= 15 is 0 Å². The number of fused-ring (bicyclic) bond motifs is 3. The predicted molar refractivity (Wildman–Crippen MR) is 105 cm³/mol. The number of benzene rings is 2. The number of rotatable bonds is 4. The number of ketones is 1. The van der Waals surface area contributed by atoms with Gasteiger partial charge in [0, 0.05) is 32.5 Å². The molecule has 1 amide bonds. The summed E-state index contributed by atoms with van der Waals surface area (Å²) in [6.07, 6.45) is 1.52. The maximum absolute atomic E-state index is 13.3. The van der Waals surface area contributed by atoms with Gasteiger partial charge in [-0.05, 0) is 24.0 Å². The van der Waals surface area contributed by atoms with Crippen LogP contribution in [0.3, 0.4) is 0 Å². The van der Waals surface area contributed by atoms with Gasteiger partial charge >= 0.3 is 0 Å². The number of nitrogens with zero attached hydrogens (tertiary/aromatic N) is 2. The van der Waals surface area contributed by atoms with Gasteiger partial charge in [0.15, 0.2) is 5.78 Å². The molecule has 5 rings (SSSR count). The van der Waals surface area contributed by atoms with Crippen molar-refractivity contribution in [2.24, 2.45) is 5.92 Å². The Kier molecular flexibility index (Phi) is 4.83. The Hall–Kier alpha value is -2.46. The minimum absolute atomic E-state index is 0.0103. The summed E-state index contributed by atoms with van der Waals surface area (Å²) in [4.78, 5) is 30.0. The van der Waals surface area contributed by atoms with Gasteiger partial charge in [-0.2, -0.15) is 0 Å². The highest BCUT2D eigenvalue weighted by Crippen LogP contribution is 2.42. The van der Waals surface area contributed by atoms with Crippen molar-refractivity contribution in [2.45, 2.75) is 30.8 Å². The SMILES string of the molecule is CN(C)C(=O)C1CC2CCN1C(C(c1ccccc1)c1ccccc1)C2=O. The summed E-state index contributed by atoms with van der Waals surface area (Å²) in [7, 11) is 3.60. The van der Waals surface area contributed by atoms with Crippen LogP contribution in [0.5, 0.6) is 0 Å². The molecule has 2 aromatic carbocycles. The van der Waals surface area contributed by atoms with E-state index < -0.39 is 0 Å². The van der Waals surface area contributed by atoms with Crippen molar-refractivity contribution in [3.05, 3.63) is 71.8 Å². The zero-order valence-corrected chi connectivity index (χ0v) is 15.9. The average molecular weight is 362 g/mol. The van der Waals surface area contributed by atoms with E-state index in [0.717, 1.165) is 24.1 Å². The van der Waals surface area contributed by atoms with Crippen molar-refractivity contribution < 1.29 is 9.59 Å². The van der Waals surface area contributed by atoms with Gasteiger partial charge in [-0.15, -0.1) is 0 Å². The molecule has 27 heavy (non-hydrogen) atoms. The fraction of sp³-hybridized carbons (Fsp3) is 0.391. The minimum Gasteiger partial charge on any atom is -0.347 e. The van der Waals surface area contributed by atoms with Crippen LogP contribution in [-0.4, -0.2) is 54.2 Å². The molecular formula is C23H26N2O2. The fourth-order valence-corrected chi connectivity index (χ4v) is 4.75. The Bertz CT molecular complexity index is 779. The van der Waals surface area contributed by atoms with Crippen LogP contribution in [0, 0.1) is 5.92 Å². The lowest BCUT2D eigenvalue weighted by Crippen LogP contribution is -2.65.